The first kappa shape index (κ1) is 20.0. The summed E-state index contributed by atoms with van der Waals surface area (Å²) >= 11 is 0. The molecule has 154 valence electrons. The Hall–Kier alpha value is -4.26. The number of methoxy groups -OCH3 is 1. The van der Waals surface area contributed by atoms with Gasteiger partial charge < -0.3 is 9.47 Å². The van der Waals surface area contributed by atoms with Crippen molar-refractivity contribution in [2.75, 3.05) is 7.11 Å². The molecule has 4 rings (SSSR count). The summed E-state index contributed by atoms with van der Waals surface area (Å²) in [6.45, 7) is 0.211. The summed E-state index contributed by atoms with van der Waals surface area (Å²) in [7, 11) is 1.27. The summed E-state index contributed by atoms with van der Waals surface area (Å²) in [5, 5.41) is 5.06. The SMILES string of the molecule is COC(=O)c1cccc(OC(=O)c2nn(Cc3ccccc3)c(=O)c3ccccc23)c1. The molecule has 0 bridgehead atoms. The van der Waals surface area contributed by atoms with E-state index in [-0.39, 0.29) is 29.1 Å². The van der Waals surface area contributed by atoms with Crippen LogP contribution in [0.2, 0.25) is 0 Å². The summed E-state index contributed by atoms with van der Waals surface area (Å²) in [4.78, 5) is 37.6. The Labute approximate surface area is 177 Å². The van der Waals surface area contributed by atoms with Crippen LogP contribution in [-0.4, -0.2) is 28.8 Å². The molecule has 0 fully saturated rings. The third-order valence-corrected chi connectivity index (χ3v) is 4.70. The summed E-state index contributed by atoms with van der Waals surface area (Å²) in [6.07, 6.45) is 0. The molecule has 1 heterocycles. The van der Waals surface area contributed by atoms with E-state index in [1.807, 2.05) is 30.3 Å². The van der Waals surface area contributed by atoms with Gasteiger partial charge in [0.15, 0.2) is 5.69 Å². The molecule has 0 radical (unpaired) electrons. The molecule has 3 aromatic carbocycles. The van der Waals surface area contributed by atoms with E-state index in [2.05, 4.69) is 5.10 Å². The second-order valence-electron chi connectivity index (χ2n) is 6.75. The van der Waals surface area contributed by atoms with Gasteiger partial charge in [0, 0.05) is 5.39 Å². The van der Waals surface area contributed by atoms with Gasteiger partial charge in [-0.15, -0.1) is 0 Å². The minimum atomic E-state index is -0.736. The minimum Gasteiger partial charge on any atom is -0.465 e. The highest BCUT2D eigenvalue weighted by molar-refractivity contribution is 6.03. The maximum absolute atomic E-state index is 13.0. The van der Waals surface area contributed by atoms with E-state index in [4.69, 9.17) is 9.47 Å². The van der Waals surface area contributed by atoms with Crippen LogP contribution >= 0.6 is 0 Å². The van der Waals surface area contributed by atoms with E-state index in [1.165, 1.54) is 17.9 Å². The summed E-state index contributed by atoms with van der Waals surface area (Å²) < 4.78 is 11.4. The van der Waals surface area contributed by atoms with Crippen molar-refractivity contribution in [2.24, 2.45) is 0 Å². The van der Waals surface area contributed by atoms with Crippen LogP contribution in [0.15, 0.2) is 83.7 Å². The van der Waals surface area contributed by atoms with Gasteiger partial charge in [-0.05, 0) is 29.8 Å². The van der Waals surface area contributed by atoms with E-state index in [0.717, 1.165) is 5.56 Å². The van der Waals surface area contributed by atoms with Crippen LogP contribution < -0.4 is 10.3 Å². The Morgan fingerprint density at radius 2 is 1.58 bits per heavy atom. The van der Waals surface area contributed by atoms with Gasteiger partial charge in [0.05, 0.1) is 24.6 Å². The first-order valence-electron chi connectivity index (χ1n) is 9.51. The standard InChI is InChI=1S/C24H18N2O5/c1-30-23(28)17-10-7-11-18(14-17)31-24(29)21-19-12-5-6-13-20(19)22(27)26(25-21)15-16-8-3-2-4-9-16/h2-14H,15H2,1H3. The number of fused-ring (bicyclic) bond motifs is 1. The van der Waals surface area contributed by atoms with Gasteiger partial charge in [-0.25, -0.2) is 14.3 Å². The molecular formula is C24H18N2O5. The predicted octanol–water partition coefficient (Wildman–Crippen LogP) is 3.45. The molecule has 0 spiro atoms. The number of rotatable bonds is 5. The maximum Gasteiger partial charge on any atom is 0.364 e. The fourth-order valence-electron chi connectivity index (χ4n) is 3.21. The molecule has 0 N–H and O–H groups in total. The molecule has 4 aromatic rings. The monoisotopic (exact) mass is 414 g/mol. The molecular weight excluding hydrogens is 396 g/mol. The molecule has 0 unspecified atom stereocenters. The smallest absolute Gasteiger partial charge is 0.364 e. The van der Waals surface area contributed by atoms with Crippen molar-refractivity contribution in [1.29, 1.82) is 0 Å². The molecule has 0 saturated heterocycles. The quantitative estimate of drug-likeness (QED) is 0.367. The average Bonchev–Trinajstić information content (AvgIpc) is 2.81. The van der Waals surface area contributed by atoms with Crippen LogP contribution in [0.25, 0.3) is 10.8 Å². The number of nitrogens with zero attached hydrogens (tertiary/aromatic N) is 2. The molecule has 7 heteroatoms. The summed E-state index contributed by atoms with van der Waals surface area (Å²) in [6, 6.07) is 22.2. The molecule has 0 amide bonds. The first-order chi connectivity index (χ1) is 15.1. The molecule has 1 aromatic heterocycles. The Morgan fingerprint density at radius 1 is 0.871 bits per heavy atom. The van der Waals surface area contributed by atoms with E-state index in [1.54, 1.807) is 42.5 Å². The number of hydrogen-bond acceptors (Lipinski definition) is 6. The lowest BCUT2D eigenvalue weighted by atomic mass is 10.1. The lowest BCUT2D eigenvalue weighted by Crippen LogP contribution is -2.27. The lowest BCUT2D eigenvalue weighted by Gasteiger charge is -2.11. The number of esters is 2. The largest absolute Gasteiger partial charge is 0.465 e. The van der Waals surface area contributed by atoms with Gasteiger partial charge in [-0.3, -0.25) is 4.79 Å². The zero-order chi connectivity index (χ0) is 21.8. The van der Waals surface area contributed by atoms with Crippen molar-refractivity contribution in [1.82, 2.24) is 9.78 Å². The zero-order valence-corrected chi connectivity index (χ0v) is 16.6. The molecule has 0 aliphatic carbocycles. The average molecular weight is 414 g/mol. The Kier molecular flexibility index (Phi) is 5.57. The van der Waals surface area contributed by atoms with Gasteiger partial charge in [0.1, 0.15) is 5.75 Å². The van der Waals surface area contributed by atoms with Crippen molar-refractivity contribution in [3.8, 4) is 5.75 Å². The van der Waals surface area contributed by atoms with Crippen LogP contribution in [0.4, 0.5) is 0 Å². The van der Waals surface area contributed by atoms with Crippen molar-refractivity contribution in [3.05, 3.63) is 106 Å². The predicted molar refractivity (Wildman–Crippen MR) is 114 cm³/mol. The molecule has 7 nitrogen and oxygen atoms in total. The third-order valence-electron chi connectivity index (χ3n) is 4.70. The van der Waals surface area contributed by atoms with E-state index in [9.17, 15) is 14.4 Å². The number of carbonyl (C=O) groups excluding carboxylic acids is 2. The molecule has 31 heavy (non-hydrogen) atoms. The molecule has 0 saturated carbocycles. The van der Waals surface area contributed by atoms with Gasteiger partial charge in [-0.1, -0.05) is 54.6 Å². The molecule has 0 atom stereocenters. The fraction of sp³-hybridized carbons (Fsp3) is 0.0833. The van der Waals surface area contributed by atoms with E-state index in [0.29, 0.717) is 10.8 Å². The number of benzene rings is 3. The Morgan fingerprint density at radius 3 is 2.32 bits per heavy atom. The maximum atomic E-state index is 13.0. The van der Waals surface area contributed by atoms with Crippen LogP contribution in [0.5, 0.6) is 5.75 Å². The second-order valence-corrected chi connectivity index (χ2v) is 6.75. The third kappa shape index (κ3) is 4.20. The number of carbonyl (C=O) groups is 2. The molecule has 0 aliphatic rings. The second kappa shape index (κ2) is 8.62. The van der Waals surface area contributed by atoms with Crippen molar-refractivity contribution in [3.63, 3.8) is 0 Å². The number of aromatic nitrogens is 2. The normalized spacial score (nSPS) is 10.6. The zero-order valence-electron chi connectivity index (χ0n) is 16.6. The van der Waals surface area contributed by atoms with E-state index >= 15 is 0 Å². The van der Waals surface area contributed by atoms with Gasteiger partial charge in [-0.2, -0.15) is 5.10 Å². The van der Waals surface area contributed by atoms with Crippen LogP contribution in [0.1, 0.15) is 26.4 Å². The van der Waals surface area contributed by atoms with Crippen molar-refractivity contribution in [2.45, 2.75) is 6.54 Å². The summed E-state index contributed by atoms with van der Waals surface area (Å²) in [5.41, 5.74) is 0.829. The van der Waals surface area contributed by atoms with Crippen LogP contribution in [0, 0.1) is 0 Å². The van der Waals surface area contributed by atoms with Crippen molar-refractivity contribution >= 4 is 22.7 Å². The fourth-order valence-corrected chi connectivity index (χ4v) is 3.21. The Balaban J connectivity index is 1.74. The first-order valence-corrected chi connectivity index (χ1v) is 9.51. The van der Waals surface area contributed by atoms with Crippen LogP contribution in [0.3, 0.4) is 0 Å². The minimum absolute atomic E-state index is 0.00889. The number of ether oxygens (including phenoxy) is 2. The van der Waals surface area contributed by atoms with Gasteiger partial charge in [0.2, 0.25) is 0 Å². The lowest BCUT2D eigenvalue weighted by molar-refractivity contribution is 0.0597. The highest BCUT2D eigenvalue weighted by atomic mass is 16.5. The van der Waals surface area contributed by atoms with Gasteiger partial charge in [0.25, 0.3) is 5.56 Å². The van der Waals surface area contributed by atoms with Gasteiger partial charge >= 0.3 is 11.9 Å². The summed E-state index contributed by atoms with van der Waals surface area (Å²) in [5.74, 6) is -1.11. The topological polar surface area (TPSA) is 87.5 Å². The van der Waals surface area contributed by atoms with Crippen molar-refractivity contribution < 1.29 is 19.1 Å². The number of hydrogen-bond donors (Lipinski definition) is 0. The molecule has 0 aliphatic heterocycles. The van der Waals surface area contributed by atoms with E-state index < -0.39 is 11.9 Å². The highest BCUT2D eigenvalue weighted by Gasteiger charge is 2.19. The van der Waals surface area contributed by atoms with Crippen LogP contribution in [-0.2, 0) is 11.3 Å². The highest BCUT2D eigenvalue weighted by Crippen LogP contribution is 2.19. The Bertz CT molecular complexity index is 1330.